The normalized spacial score (nSPS) is 14.9. The monoisotopic (exact) mass is 509 g/mol. The van der Waals surface area contributed by atoms with Gasteiger partial charge in [0.1, 0.15) is 0 Å². The van der Waals surface area contributed by atoms with Crippen LogP contribution in [0.25, 0.3) is 66.1 Å². The van der Waals surface area contributed by atoms with E-state index in [0.717, 1.165) is 50.1 Å². The van der Waals surface area contributed by atoms with Gasteiger partial charge < -0.3 is 25.6 Å². The topological polar surface area (TPSA) is 71.4 Å². The zero-order valence-electron chi connectivity index (χ0n) is 21.8. The minimum Gasteiger partial charge on any atom is -0.355 e. The fraction of sp³-hybridized carbons (Fsp3) is 0.176. The first kappa shape index (κ1) is 22.6. The van der Waals surface area contributed by atoms with E-state index in [4.69, 9.17) is 0 Å². The molecule has 0 unspecified atom stereocenters. The van der Waals surface area contributed by atoms with E-state index in [1.54, 1.807) is 0 Å². The van der Waals surface area contributed by atoms with Gasteiger partial charge in [0, 0.05) is 56.7 Å². The van der Waals surface area contributed by atoms with Gasteiger partial charge in [0.2, 0.25) is 0 Å². The van der Waals surface area contributed by atoms with Crippen LogP contribution in [0.15, 0.2) is 84.9 Å². The van der Waals surface area contributed by atoms with Gasteiger partial charge in [-0.15, -0.1) is 0 Å². The molecule has 1 aliphatic rings. The third-order valence-corrected chi connectivity index (χ3v) is 8.36. The second-order valence-corrected chi connectivity index (χ2v) is 10.8. The summed E-state index contributed by atoms with van der Waals surface area (Å²) < 4.78 is 0. The highest BCUT2D eigenvalue weighted by molar-refractivity contribution is 6.10. The van der Waals surface area contributed by atoms with Gasteiger partial charge in [-0.1, -0.05) is 48.5 Å². The van der Waals surface area contributed by atoms with E-state index in [-0.39, 0.29) is 0 Å². The zero-order valence-corrected chi connectivity index (χ0v) is 21.8. The van der Waals surface area contributed by atoms with Gasteiger partial charge in [-0.05, 0) is 84.6 Å². The molecule has 5 heteroatoms. The van der Waals surface area contributed by atoms with Crippen LogP contribution in [0.2, 0.25) is 0 Å². The Labute approximate surface area is 226 Å². The summed E-state index contributed by atoms with van der Waals surface area (Å²) in [4.78, 5) is 11.1. The summed E-state index contributed by atoms with van der Waals surface area (Å²) in [5.74, 6) is 0. The molecule has 0 saturated carbocycles. The Balaban J connectivity index is 1.35. The number of hydrogen-bond donors (Lipinski definition) is 5. The van der Waals surface area contributed by atoms with Crippen molar-refractivity contribution in [3.63, 3.8) is 0 Å². The molecule has 0 saturated heterocycles. The smallest absolute Gasteiger partial charge is 0.0510 e. The highest BCUT2D eigenvalue weighted by atomic mass is 14.9. The average molecular weight is 510 g/mol. The van der Waals surface area contributed by atoms with Gasteiger partial charge >= 0.3 is 0 Å². The predicted molar refractivity (Wildman–Crippen MR) is 163 cm³/mol. The zero-order chi connectivity index (χ0) is 25.8. The van der Waals surface area contributed by atoms with Crippen LogP contribution in [0.3, 0.4) is 0 Å². The molecule has 4 heterocycles. The molecule has 4 bridgehead atoms. The number of H-pyrrole nitrogens is 3. The third kappa shape index (κ3) is 3.77. The first-order chi connectivity index (χ1) is 19.3. The molecular weight excluding hydrogens is 478 g/mol. The third-order valence-electron chi connectivity index (χ3n) is 8.36. The van der Waals surface area contributed by atoms with Crippen molar-refractivity contribution in [2.75, 3.05) is 13.1 Å². The molecule has 0 atom stereocenters. The van der Waals surface area contributed by atoms with E-state index in [1.807, 2.05) is 0 Å². The van der Waals surface area contributed by atoms with Crippen LogP contribution in [0, 0.1) is 0 Å². The van der Waals surface area contributed by atoms with Crippen molar-refractivity contribution in [3.05, 3.63) is 96.1 Å². The van der Waals surface area contributed by atoms with Crippen LogP contribution >= 0.6 is 0 Å². The molecule has 0 amide bonds. The Hall–Kier alpha value is -4.32. The van der Waals surface area contributed by atoms with Crippen molar-refractivity contribution in [1.82, 2.24) is 25.6 Å². The first-order valence-corrected chi connectivity index (χ1v) is 14.0. The number of benzene rings is 4. The van der Waals surface area contributed by atoms with E-state index < -0.39 is 0 Å². The van der Waals surface area contributed by atoms with Gasteiger partial charge in [-0.25, -0.2) is 0 Å². The van der Waals surface area contributed by atoms with E-state index in [0.29, 0.717) is 0 Å². The maximum Gasteiger partial charge on any atom is 0.0510 e. The average Bonchev–Trinajstić information content (AvgIpc) is 3.65. The molecule has 192 valence electrons. The molecule has 5 nitrogen and oxygen atoms in total. The minimum atomic E-state index is 0.849. The number of fused-ring (bicyclic) bond motifs is 10. The highest BCUT2D eigenvalue weighted by Gasteiger charge is 2.17. The molecule has 0 fully saturated rings. The molecule has 0 aliphatic carbocycles. The lowest BCUT2D eigenvalue weighted by Gasteiger charge is -2.10. The lowest BCUT2D eigenvalue weighted by Crippen LogP contribution is -2.19. The first-order valence-electron chi connectivity index (χ1n) is 14.0. The van der Waals surface area contributed by atoms with Gasteiger partial charge in [0.05, 0.1) is 11.4 Å². The van der Waals surface area contributed by atoms with E-state index in [2.05, 4.69) is 111 Å². The lowest BCUT2D eigenvalue weighted by molar-refractivity contribution is 0.584. The molecule has 0 spiro atoms. The van der Waals surface area contributed by atoms with Crippen molar-refractivity contribution in [2.45, 2.75) is 25.9 Å². The number of aromatic nitrogens is 3. The van der Waals surface area contributed by atoms with E-state index in [1.165, 1.54) is 66.2 Å². The standard InChI is InChI=1S/C34H31N5/c1-3-9-29-23(7-1)27-19-35-15-5-6-16-36-20-28-24-8-2-4-10-30(24)39-34(28)22-12-14-32-26(18-22)25-17-21(33(27)38-29)11-13-31(25)37-32/h1-4,7-14,17-18,35-39H,5-6,15-16,19-20H2. The highest BCUT2D eigenvalue weighted by Crippen LogP contribution is 2.37. The predicted octanol–water partition coefficient (Wildman–Crippen LogP) is 7.59. The second-order valence-electron chi connectivity index (χ2n) is 10.8. The van der Waals surface area contributed by atoms with Gasteiger partial charge in [0.25, 0.3) is 0 Å². The summed E-state index contributed by atoms with van der Waals surface area (Å²) in [6.45, 7) is 3.70. The van der Waals surface area contributed by atoms with Crippen LogP contribution in [0.4, 0.5) is 0 Å². The molecule has 8 rings (SSSR count). The summed E-state index contributed by atoms with van der Waals surface area (Å²) >= 11 is 0. The van der Waals surface area contributed by atoms with Crippen LogP contribution in [-0.2, 0) is 13.1 Å². The fourth-order valence-electron chi connectivity index (χ4n) is 6.40. The molecule has 0 radical (unpaired) electrons. The quantitative estimate of drug-likeness (QED) is 0.146. The molecule has 5 N–H and O–H groups in total. The van der Waals surface area contributed by atoms with Gasteiger partial charge in [-0.2, -0.15) is 0 Å². The minimum absolute atomic E-state index is 0.849. The lowest BCUT2D eigenvalue weighted by atomic mass is 10.0. The second kappa shape index (κ2) is 9.16. The van der Waals surface area contributed by atoms with Gasteiger partial charge in [0.15, 0.2) is 0 Å². The molecule has 7 aromatic rings. The summed E-state index contributed by atoms with van der Waals surface area (Å²) in [5.41, 5.74) is 12.2. The van der Waals surface area contributed by atoms with Crippen LogP contribution < -0.4 is 10.6 Å². The Kier molecular flexibility index (Phi) is 5.32. The van der Waals surface area contributed by atoms with Gasteiger partial charge in [-0.3, -0.25) is 0 Å². The maximum absolute atomic E-state index is 3.74. The number of hydrogen-bond acceptors (Lipinski definition) is 2. The van der Waals surface area contributed by atoms with Crippen molar-refractivity contribution < 1.29 is 0 Å². The van der Waals surface area contributed by atoms with Crippen LogP contribution in [-0.4, -0.2) is 28.0 Å². The van der Waals surface area contributed by atoms with E-state index >= 15 is 0 Å². The maximum atomic E-state index is 3.74. The molecular formula is C34H31N5. The van der Waals surface area contributed by atoms with Crippen LogP contribution in [0.5, 0.6) is 0 Å². The van der Waals surface area contributed by atoms with E-state index in [9.17, 15) is 0 Å². The summed E-state index contributed by atoms with van der Waals surface area (Å²) in [6.07, 6.45) is 2.28. The summed E-state index contributed by atoms with van der Waals surface area (Å²) in [6, 6.07) is 30.9. The number of rotatable bonds is 0. The summed E-state index contributed by atoms with van der Waals surface area (Å²) in [7, 11) is 0. The van der Waals surface area contributed by atoms with Crippen molar-refractivity contribution in [3.8, 4) is 22.5 Å². The Bertz CT molecular complexity index is 1840. The number of aromatic amines is 3. The van der Waals surface area contributed by atoms with Crippen molar-refractivity contribution >= 4 is 43.6 Å². The van der Waals surface area contributed by atoms with Crippen molar-refractivity contribution in [2.24, 2.45) is 0 Å². The number of nitrogens with one attached hydrogen (secondary N) is 5. The van der Waals surface area contributed by atoms with Crippen molar-refractivity contribution in [1.29, 1.82) is 0 Å². The summed E-state index contributed by atoms with van der Waals surface area (Å²) in [5, 5.41) is 12.5. The Morgan fingerprint density at radius 1 is 0.436 bits per heavy atom. The SMILES string of the molecule is c1ccc2c3c([nH]c2c1)-c1ccc2[nH]c4ccc(cc4c2c1)-c1[nH]c2ccccc2c1CNCCCCNC3. The largest absolute Gasteiger partial charge is 0.355 e. The Morgan fingerprint density at radius 2 is 0.897 bits per heavy atom. The Morgan fingerprint density at radius 3 is 1.41 bits per heavy atom. The molecule has 39 heavy (non-hydrogen) atoms. The fourth-order valence-corrected chi connectivity index (χ4v) is 6.40. The molecule has 1 aliphatic heterocycles. The molecule has 4 aromatic carbocycles. The number of para-hydroxylation sites is 2. The van der Waals surface area contributed by atoms with Crippen LogP contribution in [0.1, 0.15) is 24.0 Å². The molecule has 3 aromatic heterocycles.